The number of piperidine rings is 1. The van der Waals surface area contributed by atoms with Gasteiger partial charge in [-0.25, -0.2) is 0 Å². The summed E-state index contributed by atoms with van der Waals surface area (Å²) in [6.45, 7) is 3.64. The molecule has 0 atom stereocenters. The van der Waals surface area contributed by atoms with Crippen LogP contribution >= 0.6 is 0 Å². The number of fused-ring (bicyclic) bond motifs is 1. The van der Waals surface area contributed by atoms with E-state index < -0.39 is 0 Å². The molecule has 1 amide bonds. The molecule has 0 aromatic carbocycles. The first-order valence-electron chi connectivity index (χ1n) is 9.17. The van der Waals surface area contributed by atoms with Crippen molar-refractivity contribution in [3.8, 4) is 0 Å². The largest absolute Gasteiger partial charge is 0.343 e. The van der Waals surface area contributed by atoms with Crippen LogP contribution in [-0.4, -0.2) is 43.7 Å². The Bertz CT molecular complexity index is 726. The van der Waals surface area contributed by atoms with E-state index in [1.165, 1.54) is 25.7 Å². The molecule has 2 aromatic heterocycles. The smallest absolute Gasteiger partial charge is 0.222 e. The second-order valence-corrected chi connectivity index (χ2v) is 7.31. The van der Waals surface area contributed by atoms with Gasteiger partial charge in [-0.1, -0.05) is 12.8 Å². The van der Waals surface area contributed by atoms with Crippen molar-refractivity contribution in [3.63, 3.8) is 0 Å². The molecular formula is C18H25N5O. The van der Waals surface area contributed by atoms with Gasteiger partial charge in [-0.05, 0) is 50.7 Å². The van der Waals surface area contributed by atoms with E-state index >= 15 is 0 Å². The first-order valence-corrected chi connectivity index (χ1v) is 9.17. The minimum absolute atomic E-state index is 0.338. The topological polar surface area (TPSA) is 63.4 Å². The van der Waals surface area contributed by atoms with E-state index in [0.29, 0.717) is 17.7 Å². The van der Waals surface area contributed by atoms with Crippen LogP contribution in [0.5, 0.6) is 0 Å². The van der Waals surface area contributed by atoms with Gasteiger partial charge in [0.15, 0.2) is 11.5 Å². The molecule has 2 fully saturated rings. The number of hydrogen-bond acceptors (Lipinski definition) is 4. The fourth-order valence-corrected chi connectivity index (χ4v) is 4.13. The summed E-state index contributed by atoms with van der Waals surface area (Å²) in [6, 6.07) is 3.91. The fourth-order valence-electron chi connectivity index (χ4n) is 4.13. The average molecular weight is 327 g/mol. The first-order chi connectivity index (χ1) is 11.7. The maximum absolute atomic E-state index is 12.5. The zero-order chi connectivity index (χ0) is 16.5. The predicted octanol–water partition coefficient (Wildman–Crippen LogP) is 2.72. The first kappa shape index (κ1) is 15.5. The van der Waals surface area contributed by atoms with E-state index in [1.807, 2.05) is 23.6 Å². The van der Waals surface area contributed by atoms with Crippen LogP contribution in [-0.2, 0) is 4.79 Å². The third-order valence-electron chi connectivity index (χ3n) is 5.57. The molecule has 0 unspecified atom stereocenters. The van der Waals surface area contributed by atoms with Gasteiger partial charge >= 0.3 is 0 Å². The highest BCUT2D eigenvalue weighted by Crippen LogP contribution is 2.30. The Kier molecular flexibility index (Phi) is 4.21. The lowest BCUT2D eigenvalue weighted by Crippen LogP contribution is -2.38. The molecule has 0 spiro atoms. The Balaban J connectivity index is 1.40. The van der Waals surface area contributed by atoms with E-state index in [4.69, 9.17) is 0 Å². The summed E-state index contributed by atoms with van der Waals surface area (Å²) in [7, 11) is 0. The van der Waals surface area contributed by atoms with Crippen molar-refractivity contribution in [2.24, 2.45) is 5.92 Å². The second-order valence-electron chi connectivity index (χ2n) is 7.31. The molecule has 128 valence electrons. The SMILES string of the molecule is Cc1ccc2nnc(C3CCN(C(=O)CC4CCCC4)CC3)n2n1. The molecular weight excluding hydrogens is 302 g/mol. The lowest BCUT2D eigenvalue weighted by molar-refractivity contribution is -0.133. The van der Waals surface area contributed by atoms with Crippen molar-refractivity contribution >= 4 is 11.6 Å². The standard InChI is InChI=1S/C18H25N5O/c1-13-6-7-16-19-20-18(23(16)21-13)15-8-10-22(11-9-15)17(24)12-14-4-2-3-5-14/h6-7,14-15H,2-5,8-12H2,1H3. The maximum Gasteiger partial charge on any atom is 0.222 e. The minimum Gasteiger partial charge on any atom is -0.343 e. The highest BCUT2D eigenvalue weighted by molar-refractivity contribution is 5.76. The Hall–Kier alpha value is -1.98. The van der Waals surface area contributed by atoms with Gasteiger partial charge in [-0.15, -0.1) is 10.2 Å². The molecule has 0 N–H and O–H groups in total. The highest BCUT2D eigenvalue weighted by atomic mass is 16.2. The van der Waals surface area contributed by atoms with E-state index in [0.717, 1.165) is 49.5 Å². The van der Waals surface area contributed by atoms with E-state index in [9.17, 15) is 4.79 Å². The third kappa shape index (κ3) is 3.01. The quantitative estimate of drug-likeness (QED) is 0.869. The summed E-state index contributed by atoms with van der Waals surface area (Å²) in [6.07, 6.45) is 7.72. The van der Waals surface area contributed by atoms with Gasteiger partial charge in [0.2, 0.25) is 5.91 Å². The van der Waals surface area contributed by atoms with Crippen molar-refractivity contribution in [1.29, 1.82) is 0 Å². The van der Waals surface area contributed by atoms with Crippen molar-refractivity contribution in [3.05, 3.63) is 23.7 Å². The Labute approximate surface area is 142 Å². The van der Waals surface area contributed by atoms with Gasteiger partial charge in [0.1, 0.15) is 0 Å². The zero-order valence-corrected chi connectivity index (χ0v) is 14.3. The summed E-state index contributed by atoms with van der Waals surface area (Å²) in [4.78, 5) is 14.5. The molecule has 24 heavy (non-hydrogen) atoms. The predicted molar refractivity (Wildman–Crippen MR) is 90.6 cm³/mol. The van der Waals surface area contributed by atoms with Gasteiger partial charge in [0.25, 0.3) is 0 Å². The molecule has 1 aliphatic heterocycles. The molecule has 1 aliphatic carbocycles. The van der Waals surface area contributed by atoms with E-state index in [2.05, 4.69) is 20.2 Å². The fraction of sp³-hybridized carbons (Fsp3) is 0.667. The van der Waals surface area contributed by atoms with Gasteiger partial charge in [0, 0.05) is 25.4 Å². The molecule has 3 heterocycles. The van der Waals surface area contributed by atoms with Crippen LogP contribution in [0.2, 0.25) is 0 Å². The van der Waals surface area contributed by atoms with E-state index in [1.54, 1.807) is 0 Å². The van der Waals surface area contributed by atoms with Gasteiger partial charge < -0.3 is 4.90 Å². The number of nitrogens with zero attached hydrogens (tertiary/aromatic N) is 5. The van der Waals surface area contributed by atoms with Crippen LogP contribution in [0.15, 0.2) is 12.1 Å². The third-order valence-corrected chi connectivity index (χ3v) is 5.57. The summed E-state index contributed by atoms with van der Waals surface area (Å²) >= 11 is 0. The molecule has 1 saturated heterocycles. The Morgan fingerprint density at radius 2 is 1.88 bits per heavy atom. The average Bonchev–Trinajstić information content (AvgIpc) is 3.24. The number of amides is 1. The molecule has 4 rings (SSSR count). The molecule has 6 heteroatoms. The number of carbonyl (C=O) groups excluding carboxylic acids is 1. The normalized spacial score (nSPS) is 20.1. The Morgan fingerprint density at radius 1 is 1.12 bits per heavy atom. The van der Waals surface area contributed by atoms with Crippen LogP contribution in [0.3, 0.4) is 0 Å². The van der Waals surface area contributed by atoms with Gasteiger partial charge in [-0.3, -0.25) is 4.79 Å². The molecule has 0 radical (unpaired) electrons. The summed E-state index contributed by atoms with van der Waals surface area (Å²) in [5.74, 6) is 2.25. The number of likely N-dealkylation sites (tertiary alicyclic amines) is 1. The number of hydrogen-bond donors (Lipinski definition) is 0. The Morgan fingerprint density at radius 3 is 2.62 bits per heavy atom. The molecule has 6 nitrogen and oxygen atoms in total. The van der Waals surface area contributed by atoms with E-state index in [-0.39, 0.29) is 0 Å². The summed E-state index contributed by atoms with van der Waals surface area (Å²) in [5, 5.41) is 13.1. The lowest BCUT2D eigenvalue weighted by Gasteiger charge is -2.31. The zero-order valence-electron chi connectivity index (χ0n) is 14.3. The second kappa shape index (κ2) is 6.49. The van der Waals surface area contributed by atoms with Crippen molar-refractivity contribution in [2.75, 3.05) is 13.1 Å². The van der Waals surface area contributed by atoms with Gasteiger partial charge in [0.05, 0.1) is 5.69 Å². The van der Waals surface area contributed by atoms with Crippen LogP contribution in [0.4, 0.5) is 0 Å². The van der Waals surface area contributed by atoms with Crippen LogP contribution in [0.25, 0.3) is 5.65 Å². The number of rotatable bonds is 3. The summed E-state index contributed by atoms with van der Waals surface area (Å²) in [5.41, 5.74) is 1.77. The lowest BCUT2D eigenvalue weighted by atomic mass is 9.95. The van der Waals surface area contributed by atoms with Crippen molar-refractivity contribution in [2.45, 2.75) is 57.8 Å². The highest BCUT2D eigenvalue weighted by Gasteiger charge is 2.28. The summed E-state index contributed by atoms with van der Waals surface area (Å²) < 4.78 is 1.87. The maximum atomic E-state index is 12.5. The molecule has 2 aromatic rings. The van der Waals surface area contributed by atoms with Crippen LogP contribution in [0.1, 0.15) is 62.4 Å². The monoisotopic (exact) mass is 327 g/mol. The minimum atomic E-state index is 0.338. The number of aromatic nitrogens is 4. The number of aryl methyl sites for hydroxylation is 1. The van der Waals surface area contributed by atoms with Crippen LogP contribution < -0.4 is 0 Å². The van der Waals surface area contributed by atoms with Crippen molar-refractivity contribution < 1.29 is 4.79 Å². The van der Waals surface area contributed by atoms with Crippen LogP contribution in [0, 0.1) is 12.8 Å². The van der Waals surface area contributed by atoms with Gasteiger partial charge in [-0.2, -0.15) is 9.61 Å². The molecule has 1 saturated carbocycles. The molecule has 0 bridgehead atoms. The van der Waals surface area contributed by atoms with Crippen molar-refractivity contribution in [1.82, 2.24) is 24.7 Å². The number of carbonyl (C=O) groups is 1. The molecule has 2 aliphatic rings.